The van der Waals surface area contributed by atoms with Crippen molar-refractivity contribution in [1.29, 1.82) is 0 Å². The normalized spacial score (nSPS) is 18.9. The number of rotatable bonds is 7. The van der Waals surface area contributed by atoms with Gasteiger partial charge >= 0.3 is 0 Å². The molecule has 5 nitrogen and oxygen atoms in total. The molecule has 6 heteroatoms. The van der Waals surface area contributed by atoms with Gasteiger partial charge in [0.25, 0.3) is 0 Å². The summed E-state index contributed by atoms with van der Waals surface area (Å²) in [6.45, 7) is 4.90. The monoisotopic (exact) mass is 486 g/mol. The molecule has 2 aliphatic carbocycles. The van der Waals surface area contributed by atoms with Crippen molar-refractivity contribution in [3.8, 4) is 11.5 Å². The van der Waals surface area contributed by atoms with Gasteiger partial charge in [-0.15, -0.1) is 12.4 Å². The fraction of sp³-hybridized carbons (Fsp3) is 0.571. The van der Waals surface area contributed by atoms with E-state index in [9.17, 15) is 5.11 Å². The van der Waals surface area contributed by atoms with Gasteiger partial charge in [0, 0.05) is 38.4 Å². The molecule has 0 spiro atoms. The standard InChI is InChI=1S/C28H38N2O3.ClH/c1-32-24-12-10-22(11-13-24)30-16-14-29(15-17-30)19-23(31)20-33-28-18-21-6-2-3-7-25(21)26-8-4-5-9-27(26)28;/h10-13,18,23,31H,2-9,14-17,19-20H2,1H3;1H. The first-order chi connectivity index (χ1) is 16.2. The Morgan fingerprint density at radius 1 is 0.853 bits per heavy atom. The molecule has 1 saturated heterocycles. The highest BCUT2D eigenvalue weighted by Gasteiger charge is 2.24. The zero-order valence-corrected chi connectivity index (χ0v) is 21.2. The lowest BCUT2D eigenvalue weighted by molar-refractivity contribution is 0.0658. The average molecular weight is 487 g/mol. The van der Waals surface area contributed by atoms with Gasteiger partial charge in [0.15, 0.2) is 0 Å². The Labute approximate surface area is 210 Å². The van der Waals surface area contributed by atoms with Crippen molar-refractivity contribution in [3.05, 3.63) is 52.6 Å². The van der Waals surface area contributed by atoms with Crippen molar-refractivity contribution in [2.75, 3.05) is 51.3 Å². The number of nitrogens with zero attached hydrogens (tertiary/aromatic N) is 2. The van der Waals surface area contributed by atoms with Crippen molar-refractivity contribution >= 4 is 18.1 Å². The third-order valence-corrected chi connectivity index (χ3v) is 7.66. The van der Waals surface area contributed by atoms with Crippen molar-refractivity contribution in [3.63, 3.8) is 0 Å². The third kappa shape index (κ3) is 5.64. The topological polar surface area (TPSA) is 45.2 Å². The van der Waals surface area contributed by atoms with Crippen LogP contribution in [0.25, 0.3) is 0 Å². The summed E-state index contributed by atoms with van der Waals surface area (Å²) in [4.78, 5) is 4.76. The van der Waals surface area contributed by atoms with Crippen LogP contribution in [-0.4, -0.2) is 62.6 Å². The number of aryl methyl sites for hydroxylation is 1. The van der Waals surface area contributed by atoms with E-state index >= 15 is 0 Å². The van der Waals surface area contributed by atoms with E-state index in [1.54, 1.807) is 18.2 Å². The highest BCUT2D eigenvalue weighted by molar-refractivity contribution is 5.85. The summed E-state index contributed by atoms with van der Waals surface area (Å²) >= 11 is 0. The molecule has 0 radical (unpaired) electrons. The number of methoxy groups -OCH3 is 1. The van der Waals surface area contributed by atoms with E-state index in [0.717, 1.165) is 44.1 Å². The minimum absolute atomic E-state index is 0. The molecule has 1 N–H and O–H groups in total. The van der Waals surface area contributed by atoms with Crippen LogP contribution in [0.2, 0.25) is 0 Å². The quantitative estimate of drug-likeness (QED) is 0.627. The maximum atomic E-state index is 10.8. The van der Waals surface area contributed by atoms with Crippen LogP contribution in [0, 0.1) is 0 Å². The van der Waals surface area contributed by atoms with Gasteiger partial charge in [-0.05, 0) is 104 Å². The maximum Gasteiger partial charge on any atom is 0.123 e. The van der Waals surface area contributed by atoms with E-state index < -0.39 is 6.10 Å². The van der Waals surface area contributed by atoms with Gasteiger partial charge in [-0.2, -0.15) is 0 Å². The lowest BCUT2D eigenvalue weighted by Crippen LogP contribution is -2.49. The molecule has 186 valence electrons. The zero-order chi connectivity index (χ0) is 22.6. The average Bonchev–Trinajstić information content (AvgIpc) is 2.88. The van der Waals surface area contributed by atoms with E-state index in [0.29, 0.717) is 13.2 Å². The van der Waals surface area contributed by atoms with E-state index in [1.807, 2.05) is 12.1 Å². The molecule has 0 bridgehead atoms. The lowest BCUT2D eigenvalue weighted by Gasteiger charge is -2.37. The summed E-state index contributed by atoms with van der Waals surface area (Å²) in [5, 5.41) is 10.8. The molecule has 34 heavy (non-hydrogen) atoms. The van der Waals surface area contributed by atoms with Crippen LogP contribution in [0.15, 0.2) is 30.3 Å². The summed E-state index contributed by atoms with van der Waals surface area (Å²) in [5.41, 5.74) is 7.37. The molecular formula is C28H39ClN2O3. The number of benzene rings is 2. The number of hydrogen-bond acceptors (Lipinski definition) is 5. The number of hydrogen-bond donors (Lipinski definition) is 1. The first kappa shape index (κ1) is 25.2. The Hall–Kier alpha value is -1.95. The van der Waals surface area contributed by atoms with E-state index in [2.05, 4.69) is 28.0 Å². The van der Waals surface area contributed by atoms with Gasteiger partial charge in [0.2, 0.25) is 0 Å². The Balaban J connectivity index is 0.00000274. The predicted molar refractivity (Wildman–Crippen MR) is 140 cm³/mol. The molecule has 0 saturated carbocycles. The Morgan fingerprint density at radius 3 is 2.21 bits per heavy atom. The molecule has 2 aromatic rings. The number of ether oxygens (including phenoxy) is 2. The second kappa shape index (κ2) is 11.7. The molecule has 5 rings (SSSR count). The fourth-order valence-corrected chi connectivity index (χ4v) is 5.84. The van der Waals surface area contributed by atoms with E-state index in [-0.39, 0.29) is 12.4 Å². The van der Waals surface area contributed by atoms with Crippen LogP contribution in [0.1, 0.15) is 47.9 Å². The zero-order valence-electron chi connectivity index (χ0n) is 20.4. The molecule has 1 aliphatic heterocycles. The van der Waals surface area contributed by atoms with Crippen molar-refractivity contribution in [2.45, 2.75) is 57.5 Å². The molecule has 0 aromatic heterocycles. The smallest absolute Gasteiger partial charge is 0.123 e. The Morgan fingerprint density at radius 2 is 1.50 bits per heavy atom. The third-order valence-electron chi connectivity index (χ3n) is 7.66. The maximum absolute atomic E-state index is 10.8. The van der Waals surface area contributed by atoms with Gasteiger partial charge in [0.1, 0.15) is 24.2 Å². The first-order valence-corrected chi connectivity index (χ1v) is 12.8. The van der Waals surface area contributed by atoms with Gasteiger partial charge in [-0.3, -0.25) is 4.90 Å². The summed E-state index contributed by atoms with van der Waals surface area (Å²) in [6, 6.07) is 10.6. The number of aliphatic hydroxyl groups excluding tert-OH is 1. The summed E-state index contributed by atoms with van der Waals surface area (Å²) in [5.74, 6) is 1.94. The van der Waals surface area contributed by atoms with Crippen molar-refractivity contribution < 1.29 is 14.6 Å². The molecule has 3 aliphatic rings. The molecule has 1 unspecified atom stereocenters. The minimum Gasteiger partial charge on any atom is -0.497 e. The van der Waals surface area contributed by atoms with Gasteiger partial charge in [-0.1, -0.05) is 0 Å². The number of fused-ring (bicyclic) bond motifs is 3. The Bertz CT molecular complexity index is 942. The SMILES string of the molecule is COc1ccc(N2CCN(CC(O)COc3cc4c(c5c3CCCC5)CCCC4)CC2)cc1.Cl. The molecule has 2 aromatic carbocycles. The predicted octanol–water partition coefficient (Wildman–Crippen LogP) is 4.44. The molecular weight excluding hydrogens is 448 g/mol. The number of anilines is 1. The van der Waals surface area contributed by atoms with Crippen molar-refractivity contribution in [2.24, 2.45) is 0 Å². The van der Waals surface area contributed by atoms with Crippen LogP contribution in [0.5, 0.6) is 11.5 Å². The van der Waals surface area contributed by atoms with Crippen LogP contribution in [-0.2, 0) is 25.7 Å². The highest BCUT2D eigenvalue weighted by Crippen LogP contribution is 2.38. The lowest BCUT2D eigenvalue weighted by atomic mass is 9.80. The molecule has 1 atom stereocenters. The van der Waals surface area contributed by atoms with Gasteiger partial charge < -0.3 is 19.5 Å². The number of halogens is 1. The highest BCUT2D eigenvalue weighted by atomic mass is 35.5. The van der Waals surface area contributed by atoms with Crippen LogP contribution in [0.3, 0.4) is 0 Å². The van der Waals surface area contributed by atoms with Gasteiger partial charge in [0.05, 0.1) is 7.11 Å². The number of aliphatic hydroxyl groups is 1. The molecule has 0 amide bonds. The van der Waals surface area contributed by atoms with Crippen LogP contribution >= 0.6 is 12.4 Å². The van der Waals surface area contributed by atoms with Crippen LogP contribution in [0.4, 0.5) is 5.69 Å². The number of β-amino-alcohol motifs (C(OH)–C–C–N with tert-alkyl or cyclic N) is 1. The molecule has 1 heterocycles. The summed E-state index contributed by atoms with van der Waals surface area (Å²) < 4.78 is 11.6. The van der Waals surface area contributed by atoms with E-state index in [1.165, 1.54) is 61.8 Å². The summed E-state index contributed by atoms with van der Waals surface area (Å²) in [6.07, 6.45) is 9.45. The largest absolute Gasteiger partial charge is 0.497 e. The second-order valence-electron chi connectivity index (χ2n) is 9.83. The summed E-state index contributed by atoms with van der Waals surface area (Å²) in [7, 11) is 1.70. The van der Waals surface area contributed by atoms with Crippen molar-refractivity contribution in [1.82, 2.24) is 4.90 Å². The minimum atomic E-state index is -0.465. The molecule has 1 fully saturated rings. The number of piperazine rings is 1. The van der Waals surface area contributed by atoms with Gasteiger partial charge in [-0.25, -0.2) is 0 Å². The second-order valence-corrected chi connectivity index (χ2v) is 9.83. The van der Waals surface area contributed by atoms with E-state index in [4.69, 9.17) is 9.47 Å². The van der Waals surface area contributed by atoms with Crippen LogP contribution < -0.4 is 14.4 Å². The fourth-order valence-electron chi connectivity index (χ4n) is 5.84. The Kier molecular flexibility index (Phi) is 8.62. The first-order valence-electron chi connectivity index (χ1n) is 12.8.